The summed E-state index contributed by atoms with van der Waals surface area (Å²) in [5.74, 6) is 2.29. The fourth-order valence-corrected chi connectivity index (χ4v) is 12.8. The van der Waals surface area contributed by atoms with Gasteiger partial charge in [-0.1, -0.05) is 85.3 Å². The Morgan fingerprint density at radius 2 is 1.56 bits per heavy atom. The van der Waals surface area contributed by atoms with Crippen LogP contribution in [-0.4, -0.2) is 75.2 Å². The average molecular weight is 746 g/mol. The molecule has 3 aromatic rings. The minimum atomic E-state index is -1.08. The molecule has 0 heterocycles. The molecule has 0 aliphatic heterocycles. The third-order valence-electron chi connectivity index (χ3n) is 15.1. The van der Waals surface area contributed by atoms with Crippen LogP contribution in [0.3, 0.4) is 0 Å². The van der Waals surface area contributed by atoms with Gasteiger partial charge in [-0.2, -0.15) is 0 Å². The zero-order chi connectivity index (χ0) is 38.4. The van der Waals surface area contributed by atoms with E-state index in [9.17, 15) is 20.4 Å². The zero-order valence-corrected chi connectivity index (χ0v) is 33.1. The maximum absolute atomic E-state index is 15.1. The molecule has 294 valence electrons. The number of aliphatic hydroxyl groups is 4. The molecule has 6 heteroatoms. The normalized spacial score (nSPS) is 33.7. The van der Waals surface area contributed by atoms with Crippen molar-refractivity contribution in [1.82, 2.24) is 4.90 Å². The Labute approximate surface area is 328 Å². The van der Waals surface area contributed by atoms with Crippen LogP contribution in [0.1, 0.15) is 124 Å². The molecule has 7 aliphatic carbocycles. The summed E-state index contributed by atoms with van der Waals surface area (Å²) in [6, 6.07) is 24.2. The third-order valence-corrected chi connectivity index (χ3v) is 15.1. The summed E-state index contributed by atoms with van der Waals surface area (Å²) in [5, 5.41) is 45.4. The summed E-state index contributed by atoms with van der Waals surface area (Å²) < 4.78 is 0. The lowest BCUT2D eigenvalue weighted by molar-refractivity contribution is -0.114. The molecule has 4 N–H and O–H groups in total. The smallest absolute Gasteiger partial charge is 0.193 e. The second-order valence-corrected chi connectivity index (χ2v) is 19.1. The first-order valence-corrected chi connectivity index (χ1v) is 21.4. The van der Waals surface area contributed by atoms with Crippen LogP contribution in [0.4, 0.5) is 0 Å². The van der Waals surface area contributed by atoms with Gasteiger partial charge in [0.1, 0.15) is 0 Å². The standard InChI is InChI=1S/C49H63NO5/c1-33-9-8-19-47(2)45(18-20-49(47,55)32-50(29-40(53)30-51)31-48-26-35-21-36(27-48)23-37(22-35)28-48)42-17-15-34(24-39(52)16-14-33)25-44(42)46(54)43-13-7-6-12-41(43)38-10-4-3-5-11-38/h3-7,9-13,15,17,25,35-37,39-40,45,51-53,55H,8,14,16,18-24,26-32H2,1-2H3/t35?,36?,37?,39-,40-,45-,47-,48?,49+/m0/s1. The first kappa shape index (κ1) is 38.7. The lowest BCUT2D eigenvalue weighted by Crippen LogP contribution is -2.57. The summed E-state index contributed by atoms with van der Waals surface area (Å²) in [4.78, 5) is 17.4. The van der Waals surface area contributed by atoms with Gasteiger partial charge in [0.15, 0.2) is 5.78 Å². The first-order valence-electron chi connectivity index (χ1n) is 21.4. The highest BCUT2D eigenvalue weighted by Crippen LogP contribution is 2.62. The number of nitrogens with zero attached hydrogens (tertiary/aromatic N) is 1. The Kier molecular flexibility index (Phi) is 11.0. The quantitative estimate of drug-likeness (QED) is 0.123. The number of carbonyl (C=O) groups excluding carboxylic acids is 1. The van der Waals surface area contributed by atoms with Crippen LogP contribution >= 0.6 is 0 Å². The van der Waals surface area contributed by atoms with Crippen LogP contribution in [0, 0.1) is 28.6 Å². The van der Waals surface area contributed by atoms with E-state index in [2.05, 4.69) is 37.0 Å². The first-order chi connectivity index (χ1) is 26.5. The van der Waals surface area contributed by atoms with Gasteiger partial charge in [0, 0.05) is 36.2 Å². The van der Waals surface area contributed by atoms with Crippen LogP contribution in [0.15, 0.2) is 84.4 Å². The largest absolute Gasteiger partial charge is 0.394 e. The summed E-state index contributed by atoms with van der Waals surface area (Å²) in [6.45, 7) is 5.75. The van der Waals surface area contributed by atoms with Gasteiger partial charge in [-0.05, 0) is 148 Å². The molecule has 5 fully saturated rings. The van der Waals surface area contributed by atoms with E-state index in [-0.39, 0.29) is 23.7 Å². The maximum atomic E-state index is 15.1. The van der Waals surface area contributed by atoms with Crippen molar-refractivity contribution in [2.24, 2.45) is 28.6 Å². The van der Waals surface area contributed by atoms with Crippen molar-refractivity contribution in [3.05, 3.63) is 107 Å². The molecule has 5 saturated carbocycles. The number of carbonyl (C=O) groups is 1. The van der Waals surface area contributed by atoms with Gasteiger partial charge in [0.25, 0.3) is 0 Å². The van der Waals surface area contributed by atoms with Crippen LogP contribution in [0.25, 0.3) is 11.1 Å². The molecule has 0 radical (unpaired) electrons. The van der Waals surface area contributed by atoms with Crippen molar-refractivity contribution < 1.29 is 25.2 Å². The molecule has 5 atom stereocenters. The van der Waals surface area contributed by atoms with E-state index in [1.807, 2.05) is 60.7 Å². The number of hydrogen-bond acceptors (Lipinski definition) is 6. The molecular formula is C49H63NO5. The maximum Gasteiger partial charge on any atom is 0.193 e. The van der Waals surface area contributed by atoms with Gasteiger partial charge < -0.3 is 20.4 Å². The third kappa shape index (κ3) is 7.79. The van der Waals surface area contributed by atoms with Gasteiger partial charge in [-0.25, -0.2) is 0 Å². The monoisotopic (exact) mass is 745 g/mol. The SMILES string of the molecule is CC1=CCC[C@@]2(C)[C@@H](CC[C@@]2(O)CN(C[C@H](O)CO)CC23CC4CC(CC(C4)C2)C3)c2ccc(cc2C(=O)c2ccccc2-c2ccccc2)C[C@@H](O)CC1. The fraction of sp³-hybridized carbons (Fsp3) is 0.571. The van der Waals surface area contributed by atoms with Gasteiger partial charge in [-0.15, -0.1) is 0 Å². The number of benzene rings is 3. The Hall–Kier alpha value is -3.13. The molecule has 0 unspecified atom stereocenters. The van der Waals surface area contributed by atoms with Gasteiger partial charge in [0.05, 0.1) is 24.4 Å². The second-order valence-electron chi connectivity index (χ2n) is 19.1. The molecule has 6 nitrogen and oxygen atoms in total. The molecule has 3 aromatic carbocycles. The van der Waals surface area contributed by atoms with E-state index < -0.39 is 23.2 Å². The lowest BCUT2D eigenvalue weighted by atomic mass is 9.49. The van der Waals surface area contributed by atoms with E-state index in [4.69, 9.17) is 0 Å². The van der Waals surface area contributed by atoms with Gasteiger partial charge in [0.2, 0.25) is 0 Å². The Bertz CT molecular complexity index is 1830. The van der Waals surface area contributed by atoms with E-state index in [1.54, 1.807) is 0 Å². The summed E-state index contributed by atoms with van der Waals surface area (Å²) in [7, 11) is 0. The van der Waals surface area contributed by atoms with Gasteiger partial charge >= 0.3 is 0 Å². The van der Waals surface area contributed by atoms with Crippen LogP contribution in [-0.2, 0) is 6.42 Å². The molecule has 6 bridgehead atoms. The summed E-state index contributed by atoms with van der Waals surface area (Å²) >= 11 is 0. The van der Waals surface area contributed by atoms with Crippen molar-refractivity contribution >= 4 is 5.78 Å². The van der Waals surface area contributed by atoms with E-state index in [0.717, 1.165) is 72.2 Å². The fourth-order valence-electron chi connectivity index (χ4n) is 12.8. The minimum Gasteiger partial charge on any atom is -0.394 e. The molecule has 0 spiro atoms. The van der Waals surface area contributed by atoms with Crippen molar-refractivity contribution in [1.29, 1.82) is 0 Å². The molecule has 0 aromatic heterocycles. The molecule has 10 rings (SSSR count). The van der Waals surface area contributed by atoms with Crippen molar-refractivity contribution in [3.8, 4) is 11.1 Å². The second kappa shape index (κ2) is 15.7. The average Bonchev–Trinajstić information content (AvgIpc) is 3.41. The number of allylic oxidation sites excluding steroid dienone is 2. The summed E-state index contributed by atoms with van der Waals surface area (Å²) in [6.07, 6.45) is 13.6. The zero-order valence-electron chi connectivity index (χ0n) is 33.1. The van der Waals surface area contributed by atoms with Crippen molar-refractivity contribution in [2.75, 3.05) is 26.2 Å². The number of hydrogen-bond donors (Lipinski definition) is 4. The van der Waals surface area contributed by atoms with Crippen molar-refractivity contribution in [3.63, 3.8) is 0 Å². The predicted octanol–water partition coefficient (Wildman–Crippen LogP) is 8.49. The van der Waals surface area contributed by atoms with Gasteiger partial charge in [-0.3, -0.25) is 9.69 Å². The number of ketones is 1. The Morgan fingerprint density at radius 3 is 2.27 bits per heavy atom. The van der Waals surface area contributed by atoms with E-state index in [0.29, 0.717) is 43.5 Å². The lowest BCUT2D eigenvalue weighted by Gasteiger charge is -2.58. The molecule has 7 aliphatic rings. The minimum absolute atomic E-state index is 0.0269. The number of fused-ring (bicyclic) bond motifs is 8. The molecule has 0 saturated heterocycles. The van der Waals surface area contributed by atoms with Crippen LogP contribution in [0.5, 0.6) is 0 Å². The van der Waals surface area contributed by atoms with E-state index in [1.165, 1.54) is 44.1 Å². The number of rotatable bonds is 10. The Morgan fingerprint density at radius 1 is 0.873 bits per heavy atom. The van der Waals surface area contributed by atoms with Crippen LogP contribution in [0.2, 0.25) is 0 Å². The molecule has 55 heavy (non-hydrogen) atoms. The topological polar surface area (TPSA) is 101 Å². The Balaban J connectivity index is 1.18. The molecule has 0 amide bonds. The van der Waals surface area contributed by atoms with Crippen LogP contribution < -0.4 is 0 Å². The highest BCUT2D eigenvalue weighted by Gasteiger charge is 2.58. The van der Waals surface area contributed by atoms with Crippen molar-refractivity contribution in [2.45, 2.75) is 121 Å². The van der Waals surface area contributed by atoms with E-state index >= 15 is 4.79 Å². The predicted molar refractivity (Wildman–Crippen MR) is 219 cm³/mol. The highest BCUT2D eigenvalue weighted by atomic mass is 16.3. The number of aliphatic hydroxyl groups excluding tert-OH is 3. The highest BCUT2D eigenvalue weighted by molar-refractivity contribution is 6.13. The summed E-state index contributed by atoms with van der Waals surface area (Å²) in [5.41, 5.74) is 4.96. The molecular weight excluding hydrogens is 683 g/mol.